The molecule has 19 nitrogen and oxygen atoms in total. The predicted molar refractivity (Wildman–Crippen MR) is 152 cm³/mol. The molecule has 3 rings (SSSR count). The van der Waals surface area contributed by atoms with Gasteiger partial charge in [0.2, 0.25) is 11.5 Å². The Morgan fingerprint density at radius 1 is 1.24 bits per heavy atom. The van der Waals surface area contributed by atoms with Crippen LogP contribution in [0.1, 0.15) is 25.1 Å². The molecular weight excluding hydrogens is 668 g/mol. The van der Waals surface area contributed by atoms with Crippen molar-refractivity contribution in [3.05, 3.63) is 51.0 Å². The number of anilines is 1. The quantitative estimate of drug-likeness (QED) is 0.0480. The second kappa shape index (κ2) is 13.9. The van der Waals surface area contributed by atoms with E-state index in [0.717, 1.165) is 18.4 Å². The Labute approximate surface area is 262 Å². The number of ether oxygens (including phenoxy) is 2. The van der Waals surface area contributed by atoms with Gasteiger partial charge in [-0.15, -0.1) is 22.9 Å². The summed E-state index contributed by atoms with van der Waals surface area (Å²) >= 11 is 6.30. The van der Waals surface area contributed by atoms with Gasteiger partial charge in [0.1, 0.15) is 24.2 Å². The van der Waals surface area contributed by atoms with E-state index >= 15 is 0 Å². The van der Waals surface area contributed by atoms with E-state index < -0.39 is 74.2 Å². The smallest absolute Gasteiger partial charge is 0.363 e. The summed E-state index contributed by atoms with van der Waals surface area (Å²) in [7, 11) is -4.33. The number of methoxy groups -OCH3 is 1. The first-order chi connectivity index (χ1) is 21.0. The van der Waals surface area contributed by atoms with Gasteiger partial charge in [0.15, 0.2) is 16.9 Å². The van der Waals surface area contributed by atoms with Crippen LogP contribution in [0.25, 0.3) is 0 Å². The van der Waals surface area contributed by atoms with Crippen molar-refractivity contribution < 1.29 is 56.2 Å². The molecule has 0 unspecified atom stereocenters. The average Bonchev–Trinajstić information content (AvgIpc) is 3.43. The van der Waals surface area contributed by atoms with Gasteiger partial charge in [0.05, 0.1) is 12.0 Å². The Hall–Kier alpha value is -4.73. The van der Waals surface area contributed by atoms with Crippen molar-refractivity contribution >= 4 is 79.4 Å². The van der Waals surface area contributed by atoms with E-state index in [1.165, 1.54) is 43.5 Å². The highest BCUT2D eigenvalue weighted by molar-refractivity contribution is 7.84. The highest BCUT2D eigenvalue weighted by Gasteiger charge is 2.58. The van der Waals surface area contributed by atoms with Crippen LogP contribution in [-0.4, -0.2) is 93.2 Å². The number of benzene rings is 1. The first-order valence-electron chi connectivity index (χ1n) is 12.2. The van der Waals surface area contributed by atoms with Crippen LogP contribution in [0, 0.1) is 10.1 Å². The molecule has 2 heterocycles. The van der Waals surface area contributed by atoms with Crippen LogP contribution in [0.3, 0.4) is 0 Å². The van der Waals surface area contributed by atoms with Gasteiger partial charge in [-0.25, -0.2) is 14.6 Å². The summed E-state index contributed by atoms with van der Waals surface area (Å²) in [6, 6.07) is 1.36. The summed E-state index contributed by atoms with van der Waals surface area (Å²) in [6.45, 7) is 2.15. The number of non-ortho nitro benzene ring substituents is 1. The van der Waals surface area contributed by atoms with Gasteiger partial charge in [-0.3, -0.25) is 29.1 Å². The number of nitro groups is 1. The number of oxime groups is 1. The maximum atomic E-state index is 13.3. The van der Waals surface area contributed by atoms with Crippen LogP contribution in [0.15, 0.2) is 34.8 Å². The van der Waals surface area contributed by atoms with Gasteiger partial charge >= 0.3 is 22.2 Å². The lowest BCUT2D eigenvalue weighted by molar-refractivity contribution is -0.384. The number of nitrogens with one attached hydrogen (secondary N) is 2. The minimum absolute atomic E-state index is 0.0392. The third-order valence-electron chi connectivity index (χ3n) is 5.73. The number of thiazole rings is 1. The maximum Gasteiger partial charge on any atom is 0.363 e. The largest absolute Gasteiger partial charge is 0.467 e. The van der Waals surface area contributed by atoms with Crippen molar-refractivity contribution in [1.82, 2.24) is 14.6 Å². The molecular formula is C23H23ClN6O13S2. The molecule has 3 amide bonds. The standard InChI is InChI=1S/C23H23ClN6O13S2/c1-23(2,21(35)42-9-11-4-6-12(7-5-11)30(36)37)43-28-15(13-10-44-22(25-13)26-14(31)8-24)18(32)27-16-17(20(34)41-3)29(19(16)33)45(38,39)40/h4-7,10,16-17H,8-9H2,1-3H3,(H,27,32)(H,25,26,31)(H,38,39,40)/b28-15-/t16-,17+/m1/s1. The number of nitro benzene ring substituents is 1. The average molecular weight is 691 g/mol. The second-order valence-electron chi connectivity index (χ2n) is 9.29. The van der Waals surface area contributed by atoms with Crippen molar-refractivity contribution in [3.63, 3.8) is 0 Å². The molecule has 1 aliphatic rings. The molecule has 3 N–H and O–H groups in total. The molecule has 0 radical (unpaired) electrons. The normalized spacial score (nSPS) is 16.7. The van der Waals surface area contributed by atoms with E-state index in [9.17, 15) is 47.1 Å². The number of carbonyl (C=O) groups excluding carboxylic acids is 5. The maximum absolute atomic E-state index is 13.3. The first-order valence-corrected chi connectivity index (χ1v) is 15.0. The molecule has 2 aromatic rings. The fourth-order valence-electron chi connectivity index (χ4n) is 3.45. The third kappa shape index (κ3) is 8.26. The zero-order chi connectivity index (χ0) is 33.7. The summed E-state index contributed by atoms with van der Waals surface area (Å²) in [5.41, 5.74) is -2.60. The summed E-state index contributed by atoms with van der Waals surface area (Å²) in [4.78, 5) is 81.9. The Kier molecular flexibility index (Phi) is 10.8. The molecule has 0 spiro atoms. The molecule has 242 valence electrons. The molecule has 22 heteroatoms. The number of carbonyl (C=O) groups is 5. The lowest BCUT2D eigenvalue weighted by Gasteiger charge is -2.41. The van der Waals surface area contributed by atoms with E-state index in [-0.39, 0.29) is 27.4 Å². The van der Waals surface area contributed by atoms with Crippen LogP contribution in [-0.2, 0) is 55.2 Å². The Balaban J connectivity index is 1.85. The predicted octanol–water partition coefficient (Wildman–Crippen LogP) is 0.143. The van der Waals surface area contributed by atoms with Crippen molar-refractivity contribution in [1.29, 1.82) is 0 Å². The van der Waals surface area contributed by atoms with Gasteiger partial charge in [-0.05, 0) is 31.5 Å². The van der Waals surface area contributed by atoms with E-state index in [2.05, 4.69) is 25.5 Å². The second-order valence-corrected chi connectivity index (χ2v) is 11.7. The van der Waals surface area contributed by atoms with Gasteiger partial charge in [-0.2, -0.15) is 12.7 Å². The van der Waals surface area contributed by atoms with E-state index in [1.807, 2.05) is 0 Å². The minimum atomic E-state index is -5.21. The molecule has 1 aromatic heterocycles. The topological polar surface area (TPSA) is 263 Å². The monoisotopic (exact) mass is 690 g/mol. The Morgan fingerprint density at radius 3 is 2.44 bits per heavy atom. The number of rotatable bonds is 13. The van der Waals surface area contributed by atoms with Gasteiger partial charge in [0.25, 0.3) is 17.5 Å². The summed E-state index contributed by atoms with van der Waals surface area (Å²) < 4.78 is 42.0. The number of esters is 2. The van der Waals surface area contributed by atoms with Crippen molar-refractivity contribution in [3.8, 4) is 0 Å². The van der Waals surface area contributed by atoms with Crippen molar-refractivity contribution in [2.24, 2.45) is 5.16 Å². The molecule has 1 fully saturated rings. The van der Waals surface area contributed by atoms with E-state index in [1.54, 1.807) is 0 Å². The van der Waals surface area contributed by atoms with E-state index in [4.69, 9.17) is 21.2 Å². The summed E-state index contributed by atoms with van der Waals surface area (Å²) in [5, 5.41) is 20.2. The Morgan fingerprint density at radius 2 is 1.89 bits per heavy atom. The lowest BCUT2D eigenvalue weighted by atomic mass is 9.98. The Bertz CT molecular complexity index is 1660. The zero-order valence-corrected chi connectivity index (χ0v) is 25.7. The molecule has 0 aliphatic carbocycles. The number of hydrogen-bond donors (Lipinski definition) is 3. The van der Waals surface area contributed by atoms with Crippen LogP contribution in [0.4, 0.5) is 10.8 Å². The van der Waals surface area contributed by atoms with Crippen LogP contribution in [0.5, 0.6) is 0 Å². The summed E-state index contributed by atoms with van der Waals surface area (Å²) in [6.07, 6.45) is 0. The molecule has 1 saturated heterocycles. The molecule has 1 aromatic carbocycles. The van der Waals surface area contributed by atoms with Crippen LogP contribution < -0.4 is 10.6 Å². The van der Waals surface area contributed by atoms with Crippen molar-refractivity contribution in [2.45, 2.75) is 38.1 Å². The SMILES string of the molecule is COC(=O)[C@@H]1[C@@H](NC(=O)/C(=N\OC(C)(C)C(=O)OCc2ccc([N+](=O)[O-])cc2)c2csc(NC(=O)CCl)n2)C(=O)N1S(=O)(=O)O. The number of halogens is 1. The molecule has 0 saturated carbocycles. The number of β-lactam (4-membered cyclic amide) rings is 1. The molecule has 0 bridgehead atoms. The van der Waals surface area contributed by atoms with Crippen molar-refractivity contribution in [2.75, 3.05) is 18.3 Å². The summed E-state index contributed by atoms with van der Waals surface area (Å²) in [5.74, 6) is -5.97. The molecule has 2 atom stereocenters. The van der Waals surface area contributed by atoms with Crippen LogP contribution >= 0.6 is 22.9 Å². The number of hydrogen-bond acceptors (Lipinski definition) is 15. The molecule has 45 heavy (non-hydrogen) atoms. The van der Waals surface area contributed by atoms with Crippen LogP contribution in [0.2, 0.25) is 0 Å². The highest BCUT2D eigenvalue weighted by atomic mass is 35.5. The van der Waals surface area contributed by atoms with Gasteiger partial charge < -0.3 is 24.9 Å². The van der Waals surface area contributed by atoms with Gasteiger partial charge in [-0.1, -0.05) is 5.16 Å². The lowest BCUT2D eigenvalue weighted by Crippen LogP contribution is -2.74. The number of nitrogens with zero attached hydrogens (tertiary/aromatic N) is 4. The highest BCUT2D eigenvalue weighted by Crippen LogP contribution is 2.25. The first kappa shape index (κ1) is 34.8. The van der Waals surface area contributed by atoms with E-state index in [0.29, 0.717) is 5.56 Å². The number of alkyl halides is 1. The third-order valence-corrected chi connectivity index (χ3v) is 7.64. The zero-order valence-electron chi connectivity index (χ0n) is 23.3. The minimum Gasteiger partial charge on any atom is -0.467 e. The van der Waals surface area contributed by atoms with Gasteiger partial charge in [0, 0.05) is 17.5 Å². The number of amides is 3. The fourth-order valence-corrected chi connectivity index (χ4v) is 5.07. The number of aromatic nitrogens is 1. The fraction of sp³-hybridized carbons (Fsp3) is 0.348. The molecule has 1 aliphatic heterocycles.